The van der Waals surface area contributed by atoms with Crippen LogP contribution in [0.1, 0.15) is 18.4 Å². The third-order valence-corrected chi connectivity index (χ3v) is 5.55. The van der Waals surface area contributed by atoms with E-state index in [2.05, 4.69) is 5.32 Å². The van der Waals surface area contributed by atoms with Crippen LogP contribution in [0.3, 0.4) is 0 Å². The zero-order chi connectivity index (χ0) is 14.6. The first-order valence-corrected chi connectivity index (χ1v) is 8.45. The van der Waals surface area contributed by atoms with E-state index in [9.17, 15) is 8.42 Å². The molecule has 0 spiro atoms. The second kappa shape index (κ2) is 6.56. The number of benzene rings is 1. The summed E-state index contributed by atoms with van der Waals surface area (Å²) in [6, 6.07) is 7.65. The lowest BCUT2D eigenvalue weighted by Crippen LogP contribution is -2.50. The topological polar surface area (TPSA) is 52.6 Å². The molecule has 112 valence electrons. The van der Waals surface area contributed by atoms with E-state index in [4.69, 9.17) is 0 Å². The standard InChI is InChI=1S/C14H23N3O2S/c1-13-7-3-4-8-14(13)17-12-6-11-16(20(17,18)19)10-5-9-15-2/h3-4,7-8,15H,5-6,9-12H2,1-2H3. The molecule has 5 nitrogen and oxygen atoms in total. The molecule has 6 heteroatoms. The Hall–Kier alpha value is -1.11. The molecule has 1 aliphatic heterocycles. The Labute approximate surface area is 121 Å². The number of para-hydroxylation sites is 1. The molecule has 0 atom stereocenters. The van der Waals surface area contributed by atoms with Gasteiger partial charge in [-0.05, 0) is 45.0 Å². The smallest absolute Gasteiger partial charge is 0.304 e. The highest BCUT2D eigenvalue weighted by Gasteiger charge is 2.33. The first-order chi connectivity index (χ1) is 9.57. The van der Waals surface area contributed by atoms with Gasteiger partial charge < -0.3 is 5.32 Å². The Morgan fingerprint density at radius 3 is 2.70 bits per heavy atom. The van der Waals surface area contributed by atoms with E-state index in [-0.39, 0.29) is 0 Å². The van der Waals surface area contributed by atoms with E-state index >= 15 is 0 Å². The lowest BCUT2D eigenvalue weighted by molar-refractivity contribution is 0.379. The van der Waals surface area contributed by atoms with Gasteiger partial charge in [-0.2, -0.15) is 12.7 Å². The first kappa shape index (κ1) is 15.3. The second-order valence-corrected chi connectivity index (χ2v) is 6.93. The van der Waals surface area contributed by atoms with Gasteiger partial charge in [0.05, 0.1) is 5.69 Å². The summed E-state index contributed by atoms with van der Waals surface area (Å²) in [7, 11) is -1.50. The van der Waals surface area contributed by atoms with Crippen LogP contribution in [-0.4, -0.2) is 45.9 Å². The van der Waals surface area contributed by atoms with Crippen LogP contribution >= 0.6 is 0 Å². The van der Waals surface area contributed by atoms with Crippen molar-refractivity contribution in [2.45, 2.75) is 19.8 Å². The lowest BCUT2D eigenvalue weighted by Gasteiger charge is -2.36. The molecule has 2 rings (SSSR count). The maximum absolute atomic E-state index is 12.7. The van der Waals surface area contributed by atoms with Crippen molar-refractivity contribution >= 4 is 15.9 Å². The summed E-state index contributed by atoms with van der Waals surface area (Å²) in [6.45, 7) is 4.54. The van der Waals surface area contributed by atoms with Crippen LogP contribution in [0.25, 0.3) is 0 Å². The predicted octanol–water partition coefficient (Wildman–Crippen LogP) is 1.36. The monoisotopic (exact) mass is 297 g/mol. The summed E-state index contributed by atoms with van der Waals surface area (Å²) < 4.78 is 28.5. The minimum absolute atomic E-state index is 0.565. The van der Waals surface area contributed by atoms with Crippen molar-refractivity contribution in [1.29, 1.82) is 0 Å². The van der Waals surface area contributed by atoms with E-state index in [1.807, 2.05) is 38.2 Å². The molecule has 1 heterocycles. The van der Waals surface area contributed by atoms with Gasteiger partial charge in [-0.3, -0.25) is 4.31 Å². The van der Waals surface area contributed by atoms with Crippen LogP contribution in [0.4, 0.5) is 5.69 Å². The Balaban J connectivity index is 2.20. The highest BCUT2D eigenvalue weighted by atomic mass is 32.2. The number of nitrogens with zero attached hydrogens (tertiary/aromatic N) is 2. The summed E-state index contributed by atoms with van der Waals surface area (Å²) in [5.74, 6) is 0. The van der Waals surface area contributed by atoms with E-state index in [0.29, 0.717) is 19.6 Å². The fraction of sp³-hybridized carbons (Fsp3) is 0.571. The van der Waals surface area contributed by atoms with Gasteiger partial charge in [0.15, 0.2) is 0 Å². The van der Waals surface area contributed by atoms with Crippen molar-refractivity contribution in [2.24, 2.45) is 0 Å². The third kappa shape index (κ3) is 3.13. The van der Waals surface area contributed by atoms with Gasteiger partial charge in [0.1, 0.15) is 0 Å². The minimum Gasteiger partial charge on any atom is -0.320 e. The van der Waals surface area contributed by atoms with Crippen molar-refractivity contribution in [1.82, 2.24) is 9.62 Å². The molecule has 0 amide bonds. The summed E-state index contributed by atoms with van der Waals surface area (Å²) in [4.78, 5) is 0. The number of aryl methyl sites for hydroxylation is 1. The summed E-state index contributed by atoms with van der Waals surface area (Å²) in [5, 5.41) is 3.05. The third-order valence-electron chi connectivity index (χ3n) is 3.59. The van der Waals surface area contributed by atoms with E-state index in [1.54, 1.807) is 8.61 Å². The van der Waals surface area contributed by atoms with Crippen molar-refractivity contribution < 1.29 is 8.42 Å². The van der Waals surface area contributed by atoms with Gasteiger partial charge in [0.25, 0.3) is 0 Å². The van der Waals surface area contributed by atoms with Crippen LogP contribution in [0.5, 0.6) is 0 Å². The van der Waals surface area contributed by atoms with Crippen LogP contribution < -0.4 is 9.62 Å². The van der Waals surface area contributed by atoms with Crippen molar-refractivity contribution in [3.05, 3.63) is 29.8 Å². The highest BCUT2D eigenvalue weighted by Crippen LogP contribution is 2.27. The minimum atomic E-state index is -3.38. The number of hydrogen-bond donors (Lipinski definition) is 1. The number of anilines is 1. The van der Waals surface area contributed by atoms with Gasteiger partial charge in [-0.1, -0.05) is 18.2 Å². The predicted molar refractivity (Wildman–Crippen MR) is 82.2 cm³/mol. The molecule has 0 bridgehead atoms. The van der Waals surface area contributed by atoms with Crippen molar-refractivity contribution in [2.75, 3.05) is 37.5 Å². The maximum atomic E-state index is 12.7. The fourth-order valence-corrected chi connectivity index (χ4v) is 4.32. The van der Waals surface area contributed by atoms with E-state index in [0.717, 1.165) is 30.6 Å². The molecule has 1 aliphatic rings. The normalized spacial score (nSPS) is 19.2. The van der Waals surface area contributed by atoms with Gasteiger partial charge in [0.2, 0.25) is 0 Å². The molecule has 1 aromatic carbocycles. The highest BCUT2D eigenvalue weighted by molar-refractivity contribution is 7.90. The zero-order valence-electron chi connectivity index (χ0n) is 12.2. The van der Waals surface area contributed by atoms with Gasteiger partial charge in [0, 0.05) is 19.6 Å². The number of rotatable bonds is 5. The molecular formula is C14H23N3O2S. The average molecular weight is 297 g/mol. The molecule has 0 aromatic heterocycles. The van der Waals surface area contributed by atoms with Crippen LogP contribution in [0.15, 0.2) is 24.3 Å². The van der Waals surface area contributed by atoms with Crippen molar-refractivity contribution in [3.8, 4) is 0 Å². The summed E-state index contributed by atoms with van der Waals surface area (Å²) in [5.41, 5.74) is 1.79. The molecule has 1 aromatic rings. The van der Waals surface area contributed by atoms with Crippen molar-refractivity contribution in [3.63, 3.8) is 0 Å². The molecule has 1 fully saturated rings. The number of hydrogen-bond acceptors (Lipinski definition) is 3. The average Bonchev–Trinajstić information content (AvgIpc) is 2.42. The SMILES string of the molecule is CNCCCN1CCCN(c2ccccc2C)S1(=O)=O. The Morgan fingerprint density at radius 2 is 2.00 bits per heavy atom. The fourth-order valence-electron chi connectivity index (χ4n) is 2.51. The van der Waals surface area contributed by atoms with Crippen LogP contribution in [0.2, 0.25) is 0 Å². The summed E-state index contributed by atoms with van der Waals surface area (Å²) in [6.07, 6.45) is 1.70. The van der Waals surface area contributed by atoms with Crippen LogP contribution in [0, 0.1) is 6.92 Å². The maximum Gasteiger partial charge on any atom is 0.304 e. The Bertz CT molecular complexity index is 545. The summed E-state index contributed by atoms with van der Waals surface area (Å²) >= 11 is 0. The quantitative estimate of drug-likeness (QED) is 0.835. The van der Waals surface area contributed by atoms with E-state index in [1.165, 1.54) is 0 Å². The van der Waals surface area contributed by atoms with Gasteiger partial charge in [-0.15, -0.1) is 0 Å². The Kier molecular flexibility index (Phi) is 5.01. The van der Waals surface area contributed by atoms with Crippen LogP contribution in [-0.2, 0) is 10.2 Å². The largest absolute Gasteiger partial charge is 0.320 e. The molecule has 0 radical (unpaired) electrons. The molecule has 1 saturated heterocycles. The van der Waals surface area contributed by atoms with Gasteiger partial charge >= 0.3 is 10.2 Å². The first-order valence-electron chi connectivity index (χ1n) is 7.05. The molecule has 1 N–H and O–H groups in total. The number of nitrogens with one attached hydrogen (secondary N) is 1. The molecule has 0 aliphatic carbocycles. The molecule has 20 heavy (non-hydrogen) atoms. The molecular weight excluding hydrogens is 274 g/mol. The van der Waals surface area contributed by atoms with Gasteiger partial charge in [-0.25, -0.2) is 0 Å². The second-order valence-electron chi connectivity index (χ2n) is 5.08. The molecule has 0 unspecified atom stereocenters. The lowest BCUT2D eigenvalue weighted by atomic mass is 10.2. The Morgan fingerprint density at radius 1 is 1.25 bits per heavy atom. The zero-order valence-corrected chi connectivity index (χ0v) is 13.0. The van der Waals surface area contributed by atoms with E-state index < -0.39 is 10.2 Å². The molecule has 0 saturated carbocycles.